The van der Waals surface area contributed by atoms with Gasteiger partial charge in [0.15, 0.2) is 0 Å². The second-order valence-corrected chi connectivity index (χ2v) is 4.69. The third-order valence-corrected chi connectivity index (χ3v) is 3.29. The number of nitrogens with two attached hydrogens (primary N) is 1. The Labute approximate surface area is 107 Å². The molecule has 0 saturated heterocycles. The van der Waals surface area contributed by atoms with Crippen LogP contribution in [0.25, 0.3) is 11.3 Å². The largest absolute Gasteiger partial charge is 0.382 e. The van der Waals surface area contributed by atoms with Crippen LogP contribution in [-0.4, -0.2) is 10.2 Å². The number of hydrogen-bond acceptors (Lipinski definition) is 2. The smallest absolute Gasteiger partial charge is 0.149 e. The molecule has 5 heteroatoms. The zero-order chi connectivity index (χ0) is 12.4. The molecule has 3 nitrogen and oxygen atoms in total. The van der Waals surface area contributed by atoms with Gasteiger partial charge in [0.05, 0.1) is 5.69 Å². The van der Waals surface area contributed by atoms with Crippen molar-refractivity contribution in [3.05, 3.63) is 34.1 Å². The van der Waals surface area contributed by atoms with E-state index in [0.29, 0.717) is 5.82 Å². The number of nitrogens with zero attached hydrogens (tertiary/aromatic N) is 1. The molecule has 3 N–H and O–H groups in total. The summed E-state index contributed by atoms with van der Waals surface area (Å²) in [6, 6.07) is 4.56. The summed E-state index contributed by atoms with van der Waals surface area (Å²) in [5.41, 5.74) is 8.28. The lowest BCUT2D eigenvalue weighted by Crippen LogP contribution is -1.93. The molecule has 1 aromatic carbocycles. The molecule has 90 valence electrons. The van der Waals surface area contributed by atoms with E-state index in [-0.39, 0.29) is 5.82 Å². The van der Waals surface area contributed by atoms with Crippen LogP contribution in [0.3, 0.4) is 0 Å². The van der Waals surface area contributed by atoms with Crippen LogP contribution in [0, 0.1) is 5.82 Å². The van der Waals surface area contributed by atoms with Crippen LogP contribution in [0.2, 0.25) is 0 Å². The molecule has 0 aliphatic rings. The summed E-state index contributed by atoms with van der Waals surface area (Å²) in [6.45, 7) is 2.07. The Bertz CT molecular complexity index is 537. The first-order valence-corrected chi connectivity index (χ1v) is 6.21. The molecule has 0 unspecified atom stereocenters. The topological polar surface area (TPSA) is 54.7 Å². The molecule has 0 aliphatic carbocycles. The van der Waals surface area contributed by atoms with Crippen LogP contribution >= 0.6 is 15.9 Å². The van der Waals surface area contributed by atoms with Crippen molar-refractivity contribution in [1.82, 2.24) is 10.2 Å². The minimum Gasteiger partial charge on any atom is -0.382 e. The predicted molar refractivity (Wildman–Crippen MR) is 70.1 cm³/mol. The molecule has 2 aromatic rings. The molecule has 0 spiro atoms. The minimum atomic E-state index is -0.279. The van der Waals surface area contributed by atoms with E-state index in [1.165, 1.54) is 12.1 Å². The van der Waals surface area contributed by atoms with E-state index in [0.717, 1.165) is 34.1 Å². The fourth-order valence-electron chi connectivity index (χ4n) is 1.79. The lowest BCUT2D eigenvalue weighted by atomic mass is 10.0. The van der Waals surface area contributed by atoms with Gasteiger partial charge in [-0.05, 0) is 24.6 Å². The summed E-state index contributed by atoms with van der Waals surface area (Å²) in [7, 11) is 0. The molecule has 0 atom stereocenters. The Balaban J connectivity index is 2.56. The monoisotopic (exact) mass is 297 g/mol. The SMILES string of the molecule is CCCc1c(N)n[nH]c1-c1cc(F)ccc1Br. The molecule has 0 aliphatic heterocycles. The second kappa shape index (κ2) is 4.87. The van der Waals surface area contributed by atoms with Gasteiger partial charge in [-0.1, -0.05) is 29.3 Å². The Kier molecular flexibility index (Phi) is 3.47. The van der Waals surface area contributed by atoms with Crippen LogP contribution in [0.15, 0.2) is 22.7 Å². The Hall–Kier alpha value is -1.36. The third-order valence-electron chi connectivity index (χ3n) is 2.60. The zero-order valence-electron chi connectivity index (χ0n) is 9.43. The predicted octanol–water partition coefficient (Wildman–Crippen LogP) is 3.51. The molecule has 0 bridgehead atoms. The van der Waals surface area contributed by atoms with Gasteiger partial charge in [-0.3, -0.25) is 5.10 Å². The molecule has 0 amide bonds. The number of benzene rings is 1. The average molecular weight is 298 g/mol. The maximum Gasteiger partial charge on any atom is 0.149 e. The van der Waals surface area contributed by atoms with Gasteiger partial charge in [0.1, 0.15) is 11.6 Å². The lowest BCUT2D eigenvalue weighted by Gasteiger charge is -2.05. The van der Waals surface area contributed by atoms with Crippen molar-refractivity contribution in [2.24, 2.45) is 0 Å². The van der Waals surface area contributed by atoms with Crippen LogP contribution in [0.1, 0.15) is 18.9 Å². The van der Waals surface area contributed by atoms with Crippen molar-refractivity contribution in [2.45, 2.75) is 19.8 Å². The molecule has 17 heavy (non-hydrogen) atoms. The molecule has 2 rings (SSSR count). The summed E-state index contributed by atoms with van der Waals surface area (Å²) in [5, 5.41) is 6.86. The molecular formula is C12H13BrFN3. The van der Waals surface area contributed by atoms with Gasteiger partial charge in [-0.2, -0.15) is 5.10 Å². The fourth-order valence-corrected chi connectivity index (χ4v) is 2.24. The number of anilines is 1. The maximum atomic E-state index is 13.3. The maximum absolute atomic E-state index is 13.3. The average Bonchev–Trinajstić information content (AvgIpc) is 2.65. The lowest BCUT2D eigenvalue weighted by molar-refractivity contribution is 0.628. The summed E-state index contributed by atoms with van der Waals surface area (Å²) in [5.74, 6) is 0.205. The molecule has 1 aromatic heterocycles. The van der Waals surface area contributed by atoms with Gasteiger partial charge in [-0.25, -0.2) is 4.39 Å². The van der Waals surface area contributed by atoms with E-state index in [9.17, 15) is 4.39 Å². The Morgan fingerprint density at radius 2 is 2.24 bits per heavy atom. The van der Waals surface area contributed by atoms with Gasteiger partial charge < -0.3 is 5.73 Å². The van der Waals surface area contributed by atoms with Crippen LogP contribution in [-0.2, 0) is 6.42 Å². The van der Waals surface area contributed by atoms with Crippen molar-refractivity contribution in [1.29, 1.82) is 0 Å². The first kappa shape index (κ1) is 12.1. The third kappa shape index (κ3) is 2.34. The van der Waals surface area contributed by atoms with Crippen molar-refractivity contribution < 1.29 is 4.39 Å². The van der Waals surface area contributed by atoms with E-state index >= 15 is 0 Å². The number of aromatic amines is 1. The second-order valence-electron chi connectivity index (χ2n) is 3.84. The summed E-state index contributed by atoms with van der Waals surface area (Å²) in [4.78, 5) is 0. The quantitative estimate of drug-likeness (QED) is 0.911. The Morgan fingerprint density at radius 1 is 1.47 bits per heavy atom. The highest BCUT2D eigenvalue weighted by atomic mass is 79.9. The van der Waals surface area contributed by atoms with E-state index in [4.69, 9.17) is 5.73 Å². The first-order valence-electron chi connectivity index (χ1n) is 5.41. The van der Waals surface area contributed by atoms with E-state index in [1.54, 1.807) is 6.07 Å². The molecule has 0 fully saturated rings. The van der Waals surface area contributed by atoms with Gasteiger partial charge in [0.25, 0.3) is 0 Å². The highest BCUT2D eigenvalue weighted by Gasteiger charge is 2.14. The number of rotatable bonds is 3. The van der Waals surface area contributed by atoms with Gasteiger partial charge >= 0.3 is 0 Å². The van der Waals surface area contributed by atoms with Crippen molar-refractivity contribution in [3.8, 4) is 11.3 Å². The summed E-state index contributed by atoms with van der Waals surface area (Å²) >= 11 is 3.41. The van der Waals surface area contributed by atoms with Gasteiger partial charge in [0.2, 0.25) is 0 Å². The first-order chi connectivity index (χ1) is 8.13. The van der Waals surface area contributed by atoms with Crippen LogP contribution in [0.4, 0.5) is 10.2 Å². The Morgan fingerprint density at radius 3 is 2.94 bits per heavy atom. The van der Waals surface area contributed by atoms with Crippen molar-refractivity contribution in [2.75, 3.05) is 5.73 Å². The van der Waals surface area contributed by atoms with Crippen molar-refractivity contribution >= 4 is 21.7 Å². The minimum absolute atomic E-state index is 0.279. The normalized spacial score (nSPS) is 10.8. The number of hydrogen-bond donors (Lipinski definition) is 2. The number of H-pyrrole nitrogens is 1. The number of nitrogen functional groups attached to an aromatic ring is 1. The van der Waals surface area contributed by atoms with Gasteiger partial charge in [0, 0.05) is 15.6 Å². The molecular weight excluding hydrogens is 285 g/mol. The molecule has 0 radical (unpaired) electrons. The number of halogens is 2. The zero-order valence-corrected chi connectivity index (χ0v) is 11.0. The standard InChI is InChI=1S/C12H13BrFN3/c1-2-3-8-11(16-17-12(8)15)9-6-7(14)4-5-10(9)13/h4-6H,2-3H2,1H3,(H3,15,16,17). The van der Waals surface area contributed by atoms with Crippen LogP contribution < -0.4 is 5.73 Å². The van der Waals surface area contributed by atoms with Crippen LogP contribution in [0.5, 0.6) is 0 Å². The fraction of sp³-hybridized carbons (Fsp3) is 0.250. The number of nitrogens with one attached hydrogen (secondary N) is 1. The highest BCUT2D eigenvalue weighted by Crippen LogP contribution is 2.32. The van der Waals surface area contributed by atoms with E-state index in [2.05, 4.69) is 33.1 Å². The molecule has 1 heterocycles. The highest BCUT2D eigenvalue weighted by molar-refractivity contribution is 9.10. The van der Waals surface area contributed by atoms with Gasteiger partial charge in [-0.15, -0.1) is 0 Å². The number of aromatic nitrogens is 2. The van der Waals surface area contributed by atoms with E-state index in [1.807, 2.05) is 0 Å². The summed E-state index contributed by atoms with van der Waals surface area (Å²) in [6.07, 6.45) is 1.78. The van der Waals surface area contributed by atoms with Crippen molar-refractivity contribution in [3.63, 3.8) is 0 Å². The van der Waals surface area contributed by atoms with E-state index < -0.39 is 0 Å². The molecule has 0 saturated carbocycles. The summed E-state index contributed by atoms with van der Waals surface area (Å²) < 4.78 is 14.1.